The third-order valence-corrected chi connectivity index (χ3v) is 3.04. The van der Waals surface area contributed by atoms with Crippen LogP contribution in [0, 0.1) is 0 Å². The number of carboxylic acids is 1. The van der Waals surface area contributed by atoms with Crippen molar-refractivity contribution in [2.45, 2.75) is 10.9 Å². The fraction of sp³-hybridized carbons (Fsp3) is 0.200. The van der Waals surface area contributed by atoms with Gasteiger partial charge < -0.3 is 21.5 Å². The Morgan fingerprint density at radius 1 is 1.35 bits per heavy atom. The molecular formula is C10H13N3O6S. The summed E-state index contributed by atoms with van der Waals surface area (Å²) in [6.45, 7) is -0.293. The molecule has 0 fully saturated rings. The number of aliphatic carboxylic acids is 1. The second-order valence-corrected chi connectivity index (χ2v) is 5.20. The average Bonchev–Trinajstić information content (AvgIpc) is 2.35. The van der Waals surface area contributed by atoms with E-state index < -0.39 is 28.2 Å². The van der Waals surface area contributed by atoms with Gasteiger partial charge in [0.15, 0.2) is 0 Å². The Hall–Kier alpha value is -2.17. The van der Waals surface area contributed by atoms with E-state index in [2.05, 4.69) is 10.6 Å². The van der Waals surface area contributed by atoms with Crippen molar-refractivity contribution in [1.29, 1.82) is 0 Å². The molecule has 10 heteroatoms. The SMILES string of the molecule is NC(CNC(=O)Nc1cccc(S(=O)(=O)O)c1)C(=O)O. The van der Waals surface area contributed by atoms with Crippen LogP contribution in [0.15, 0.2) is 29.2 Å². The summed E-state index contributed by atoms with van der Waals surface area (Å²) in [6, 6.07) is 2.91. The quantitative estimate of drug-likeness (QED) is 0.457. The maximum atomic E-state index is 11.4. The number of nitrogens with one attached hydrogen (secondary N) is 2. The molecule has 1 rings (SSSR count). The van der Waals surface area contributed by atoms with Crippen LogP contribution in [-0.2, 0) is 14.9 Å². The molecular weight excluding hydrogens is 290 g/mol. The van der Waals surface area contributed by atoms with E-state index in [1.165, 1.54) is 12.1 Å². The normalized spacial score (nSPS) is 12.5. The lowest BCUT2D eigenvalue weighted by molar-refractivity contribution is -0.138. The highest BCUT2D eigenvalue weighted by atomic mass is 32.2. The molecule has 0 saturated heterocycles. The summed E-state index contributed by atoms with van der Waals surface area (Å²) in [6.07, 6.45) is 0. The molecule has 0 aliphatic carbocycles. The molecule has 1 aromatic rings. The Labute approximate surface area is 114 Å². The number of urea groups is 1. The van der Waals surface area contributed by atoms with Gasteiger partial charge in [-0.1, -0.05) is 6.07 Å². The van der Waals surface area contributed by atoms with Crippen molar-refractivity contribution < 1.29 is 27.7 Å². The van der Waals surface area contributed by atoms with Crippen molar-refractivity contribution >= 4 is 27.8 Å². The monoisotopic (exact) mass is 303 g/mol. The van der Waals surface area contributed by atoms with Gasteiger partial charge in [0.2, 0.25) is 0 Å². The van der Waals surface area contributed by atoms with E-state index in [0.29, 0.717) is 0 Å². The number of amides is 2. The van der Waals surface area contributed by atoms with Crippen molar-refractivity contribution in [1.82, 2.24) is 5.32 Å². The minimum atomic E-state index is -4.37. The fourth-order valence-electron chi connectivity index (χ4n) is 1.20. The van der Waals surface area contributed by atoms with E-state index in [4.69, 9.17) is 15.4 Å². The number of anilines is 1. The van der Waals surface area contributed by atoms with Crippen LogP contribution < -0.4 is 16.4 Å². The standard InChI is InChI=1S/C10H13N3O6S/c11-8(9(14)15)5-12-10(16)13-6-2-1-3-7(4-6)20(17,18)19/h1-4,8H,5,11H2,(H,14,15)(H2,12,13,16)(H,17,18,19). The Kier molecular flexibility index (Phi) is 5.02. The van der Waals surface area contributed by atoms with Gasteiger partial charge >= 0.3 is 12.0 Å². The van der Waals surface area contributed by atoms with E-state index in [0.717, 1.165) is 12.1 Å². The van der Waals surface area contributed by atoms with Crippen LogP contribution in [0.4, 0.5) is 10.5 Å². The number of benzene rings is 1. The minimum absolute atomic E-state index is 0.113. The zero-order chi connectivity index (χ0) is 15.3. The molecule has 9 nitrogen and oxygen atoms in total. The summed E-state index contributed by atoms with van der Waals surface area (Å²) in [5, 5.41) is 13.0. The average molecular weight is 303 g/mol. The van der Waals surface area contributed by atoms with Crippen LogP contribution in [0.2, 0.25) is 0 Å². The highest BCUT2D eigenvalue weighted by molar-refractivity contribution is 7.85. The second kappa shape index (κ2) is 6.32. The van der Waals surface area contributed by atoms with Crippen molar-refractivity contribution in [2.75, 3.05) is 11.9 Å². The summed E-state index contributed by atoms with van der Waals surface area (Å²) in [4.78, 5) is 21.5. The summed E-state index contributed by atoms with van der Waals surface area (Å²) < 4.78 is 30.7. The molecule has 6 N–H and O–H groups in total. The van der Waals surface area contributed by atoms with E-state index in [-0.39, 0.29) is 17.1 Å². The van der Waals surface area contributed by atoms with Gasteiger partial charge in [-0.2, -0.15) is 8.42 Å². The molecule has 110 valence electrons. The smallest absolute Gasteiger partial charge is 0.322 e. The maximum Gasteiger partial charge on any atom is 0.322 e. The molecule has 1 atom stereocenters. The lowest BCUT2D eigenvalue weighted by atomic mass is 10.3. The number of hydrogen-bond donors (Lipinski definition) is 5. The lowest BCUT2D eigenvalue weighted by Gasteiger charge is -2.10. The highest BCUT2D eigenvalue weighted by Crippen LogP contribution is 2.14. The van der Waals surface area contributed by atoms with Gasteiger partial charge in [0, 0.05) is 12.2 Å². The Morgan fingerprint density at radius 2 is 2.00 bits per heavy atom. The first-order chi connectivity index (χ1) is 9.20. The number of nitrogens with two attached hydrogens (primary N) is 1. The second-order valence-electron chi connectivity index (χ2n) is 3.78. The molecule has 0 aliphatic rings. The van der Waals surface area contributed by atoms with E-state index in [1.54, 1.807) is 0 Å². The van der Waals surface area contributed by atoms with Gasteiger partial charge in [0.25, 0.3) is 10.1 Å². The topological polar surface area (TPSA) is 159 Å². The number of hydrogen-bond acceptors (Lipinski definition) is 5. The lowest BCUT2D eigenvalue weighted by Crippen LogP contribution is -2.43. The molecule has 0 saturated carbocycles. The van der Waals surface area contributed by atoms with E-state index in [9.17, 15) is 18.0 Å². The first-order valence-corrected chi connectivity index (χ1v) is 6.75. The maximum absolute atomic E-state index is 11.4. The zero-order valence-electron chi connectivity index (χ0n) is 10.1. The van der Waals surface area contributed by atoms with Gasteiger partial charge in [0.05, 0.1) is 4.90 Å². The molecule has 0 aromatic heterocycles. The fourth-order valence-corrected chi connectivity index (χ4v) is 1.73. The Bertz CT molecular complexity index is 615. The van der Waals surface area contributed by atoms with Gasteiger partial charge in [-0.25, -0.2) is 4.79 Å². The number of rotatable bonds is 5. The van der Waals surface area contributed by atoms with Crippen LogP contribution in [0.1, 0.15) is 0 Å². The molecule has 2 amide bonds. The van der Waals surface area contributed by atoms with E-state index in [1.807, 2.05) is 0 Å². The van der Waals surface area contributed by atoms with Gasteiger partial charge in [-0.3, -0.25) is 9.35 Å². The first-order valence-electron chi connectivity index (χ1n) is 5.31. The molecule has 0 heterocycles. The Morgan fingerprint density at radius 3 is 2.55 bits per heavy atom. The molecule has 0 bridgehead atoms. The van der Waals surface area contributed by atoms with Crippen LogP contribution in [0.25, 0.3) is 0 Å². The number of carboxylic acid groups (broad SMARTS) is 1. The van der Waals surface area contributed by atoms with Crippen molar-refractivity contribution in [3.8, 4) is 0 Å². The molecule has 1 aromatic carbocycles. The summed E-state index contributed by atoms with van der Waals surface area (Å²) in [7, 11) is -4.37. The summed E-state index contributed by atoms with van der Waals surface area (Å²) >= 11 is 0. The van der Waals surface area contributed by atoms with Gasteiger partial charge in [0.1, 0.15) is 6.04 Å². The Balaban J connectivity index is 2.65. The predicted octanol–water partition coefficient (Wildman–Crippen LogP) is -0.533. The van der Waals surface area contributed by atoms with Crippen LogP contribution >= 0.6 is 0 Å². The molecule has 0 aliphatic heterocycles. The predicted molar refractivity (Wildman–Crippen MR) is 68.9 cm³/mol. The minimum Gasteiger partial charge on any atom is -0.480 e. The van der Waals surface area contributed by atoms with Crippen LogP contribution in [0.3, 0.4) is 0 Å². The van der Waals surface area contributed by atoms with Gasteiger partial charge in [-0.15, -0.1) is 0 Å². The molecule has 0 radical (unpaired) electrons. The number of carbonyl (C=O) groups excluding carboxylic acids is 1. The van der Waals surface area contributed by atoms with Crippen LogP contribution in [-0.4, -0.2) is 42.7 Å². The summed E-state index contributed by atoms with van der Waals surface area (Å²) in [5.41, 5.74) is 5.30. The first kappa shape index (κ1) is 15.9. The largest absolute Gasteiger partial charge is 0.480 e. The van der Waals surface area contributed by atoms with Gasteiger partial charge in [-0.05, 0) is 18.2 Å². The molecule has 0 spiro atoms. The van der Waals surface area contributed by atoms with Crippen molar-refractivity contribution in [2.24, 2.45) is 5.73 Å². The third kappa shape index (κ3) is 4.84. The van der Waals surface area contributed by atoms with Crippen molar-refractivity contribution in [3.63, 3.8) is 0 Å². The molecule has 20 heavy (non-hydrogen) atoms. The zero-order valence-corrected chi connectivity index (χ0v) is 10.9. The number of carbonyl (C=O) groups is 2. The van der Waals surface area contributed by atoms with Crippen molar-refractivity contribution in [3.05, 3.63) is 24.3 Å². The highest BCUT2D eigenvalue weighted by Gasteiger charge is 2.13. The van der Waals surface area contributed by atoms with Crippen LogP contribution in [0.5, 0.6) is 0 Å². The summed E-state index contributed by atoms with van der Waals surface area (Å²) in [5.74, 6) is -1.27. The molecule has 1 unspecified atom stereocenters. The third-order valence-electron chi connectivity index (χ3n) is 2.19. The van der Waals surface area contributed by atoms with E-state index >= 15 is 0 Å².